The largest absolute Gasteiger partial charge is 0.219 e. The van der Waals surface area contributed by atoms with Crippen molar-refractivity contribution >= 4 is 6.21 Å². The third-order valence-electron chi connectivity index (χ3n) is 3.44. The molecule has 3 nitrogen and oxygen atoms in total. The summed E-state index contributed by atoms with van der Waals surface area (Å²) in [6, 6.07) is 0.298. The van der Waals surface area contributed by atoms with Gasteiger partial charge in [-0.05, 0) is 31.6 Å². The van der Waals surface area contributed by atoms with Crippen LogP contribution in [0.2, 0.25) is 0 Å². The first kappa shape index (κ1) is 6.75. The first-order valence-electron chi connectivity index (χ1n) is 4.67. The van der Waals surface area contributed by atoms with Crippen LogP contribution in [0.5, 0.6) is 0 Å². The van der Waals surface area contributed by atoms with Crippen LogP contribution < -0.4 is 0 Å². The van der Waals surface area contributed by atoms with Crippen molar-refractivity contribution < 1.29 is 4.68 Å². The molecule has 1 heterocycles. The van der Waals surface area contributed by atoms with Gasteiger partial charge in [0.25, 0.3) is 0 Å². The Bertz CT molecular complexity index is 283. The van der Waals surface area contributed by atoms with Crippen LogP contribution in [0.25, 0.3) is 0 Å². The molecule has 3 fully saturated rings. The zero-order valence-corrected chi connectivity index (χ0v) is 7.62. The van der Waals surface area contributed by atoms with Crippen molar-refractivity contribution in [3.05, 3.63) is 0 Å². The van der Waals surface area contributed by atoms with Crippen LogP contribution in [0.3, 0.4) is 0 Å². The van der Waals surface area contributed by atoms with E-state index in [1.165, 1.54) is 19.3 Å². The van der Waals surface area contributed by atoms with E-state index in [1.54, 1.807) is 0 Å². The Morgan fingerprint density at radius 2 is 2.08 bits per heavy atom. The highest BCUT2D eigenvalue weighted by atomic mass is 15.6. The van der Waals surface area contributed by atoms with E-state index in [0.29, 0.717) is 17.0 Å². The van der Waals surface area contributed by atoms with Gasteiger partial charge in [-0.3, -0.25) is 0 Å². The van der Waals surface area contributed by atoms with E-state index in [2.05, 4.69) is 35.1 Å². The van der Waals surface area contributed by atoms with Crippen molar-refractivity contribution in [3.63, 3.8) is 0 Å². The minimum absolute atomic E-state index is 0.298. The molecule has 0 aromatic rings. The highest BCUT2D eigenvalue weighted by molar-refractivity contribution is 5.59. The van der Waals surface area contributed by atoms with Gasteiger partial charge >= 0.3 is 0 Å². The molecule has 64 valence electrons. The summed E-state index contributed by atoms with van der Waals surface area (Å²) in [7, 11) is 0. The molecule has 3 aliphatic carbocycles. The van der Waals surface area contributed by atoms with Crippen LogP contribution in [-0.2, 0) is 0 Å². The van der Waals surface area contributed by atoms with Crippen LogP contribution in [-0.4, -0.2) is 22.5 Å². The quantitative estimate of drug-likeness (QED) is 0.528. The molecule has 3 saturated carbocycles. The lowest BCUT2D eigenvalue weighted by atomic mass is 9.40. The van der Waals surface area contributed by atoms with Crippen molar-refractivity contribution in [2.75, 3.05) is 0 Å². The molecule has 2 bridgehead atoms. The fourth-order valence-electron chi connectivity index (χ4n) is 3.12. The second-order valence-electron chi connectivity index (χ2n) is 5.00. The van der Waals surface area contributed by atoms with Crippen LogP contribution >= 0.6 is 0 Å². The highest BCUT2D eigenvalue weighted by Crippen LogP contribution is 2.68. The van der Waals surface area contributed by atoms with Gasteiger partial charge in [0.2, 0.25) is 6.04 Å². The Hall–Kier alpha value is -0.730. The van der Waals surface area contributed by atoms with E-state index in [0.717, 1.165) is 0 Å². The topological polar surface area (TPSA) is 27.7 Å². The van der Waals surface area contributed by atoms with E-state index in [4.69, 9.17) is 0 Å². The Morgan fingerprint density at radius 3 is 2.50 bits per heavy atom. The van der Waals surface area contributed by atoms with E-state index in [1.807, 2.05) is 0 Å². The Labute approximate surface area is 72.2 Å². The van der Waals surface area contributed by atoms with E-state index in [9.17, 15) is 0 Å². The summed E-state index contributed by atoms with van der Waals surface area (Å²) in [5.74, 6) is 0. The maximum absolute atomic E-state index is 4.18. The molecule has 0 radical (unpaired) electrons. The Morgan fingerprint density at radius 1 is 1.42 bits per heavy atom. The molecular weight excluding hydrogens is 150 g/mol. The normalized spacial score (nSPS) is 54.5. The van der Waals surface area contributed by atoms with Crippen molar-refractivity contribution in [1.29, 1.82) is 0 Å². The average Bonchev–Trinajstić information content (AvgIpc) is 2.26. The zero-order valence-electron chi connectivity index (χ0n) is 7.62. The summed E-state index contributed by atoms with van der Waals surface area (Å²) in [5.41, 5.74) is 1.07. The van der Waals surface area contributed by atoms with Gasteiger partial charge in [0.1, 0.15) is 17.0 Å². The number of hydrogen-bond donors (Lipinski definition) is 0. The first-order valence-corrected chi connectivity index (χ1v) is 4.67. The van der Waals surface area contributed by atoms with Gasteiger partial charge in [0.05, 0.1) is 0 Å². The van der Waals surface area contributed by atoms with Crippen LogP contribution in [0, 0.1) is 5.41 Å². The molecular formula is C9H14N3+. The Kier molecular flexibility index (Phi) is 0.917. The summed E-state index contributed by atoms with van der Waals surface area (Å²) in [6.07, 6.45) is 6.12. The van der Waals surface area contributed by atoms with Crippen LogP contribution in [0.1, 0.15) is 33.1 Å². The standard InChI is InChI=1S/C9H14N3/c1-7-3-12(11-10-7)9-4-8(2,5-9)6-9/h3,7H,4-6H2,1-2H3/q+1/t7-,8?,9?/m1/s1. The number of rotatable bonds is 1. The molecule has 0 N–H and O–H groups in total. The maximum atomic E-state index is 4.18. The summed E-state index contributed by atoms with van der Waals surface area (Å²) >= 11 is 0. The zero-order chi connectivity index (χ0) is 8.40. The van der Waals surface area contributed by atoms with Crippen molar-refractivity contribution in [2.24, 2.45) is 15.8 Å². The van der Waals surface area contributed by atoms with Gasteiger partial charge in [-0.25, -0.2) is 0 Å². The fourth-order valence-corrected chi connectivity index (χ4v) is 3.12. The lowest BCUT2D eigenvalue weighted by Gasteiger charge is -2.65. The SMILES string of the molecule is C[C@@H]1C=[N+](C23CC(C)(C2)C3)N=N1. The van der Waals surface area contributed by atoms with Crippen molar-refractivity contribution in [3.8, 4) is 0 Å². The lowest BCUT2D eigenvalue weighted by Crippen LogP contribution is -2.70. The van der Waals surface area contributed by atoms with Crippen molar-refractivity contribution in [2.45, 2.75) is 44.7 Å². The molecule has 1 atom stereocenters. The molecule has 0 saturated heterocycles. The molecule has 0 aromatic carbocycles. The smallest absolute Gasteiger partial charge is 0.131 e. The summed E-state index contributed by atoms with van der Waals surface area (Å²) in [6.45, 7) is 4.45. The summed E-state index contributed by atoms with van der Waals surface area (Å²) in [4.78, 5) is 0. The number of nitrogens with zero attached hydrogens (tertiary/aromatic N) is 3. The fraction of sp³-hybridized carbons (Fsp3) is 0.889. The average molecular weight is 164 g/mol. The van der Waals surface area contributed by atoms with Gasteiger partial charge in [-0.2, -0.15) is 0 Å². The monoisotopic (exact) mass is 164 g/mol. The molecule has 4 aliphatic rings. The predicted octanol–water partition coefficient (Wildman–Crippen LogP) is 1.78. The molecule has 0 unspecified atom stereocenters. The third kappa shape index (κ3) is 0.609. The maximum Gasteiger partial charge on any atom is 0.219 e. The molecule has 4 rings (SSSR count). The molecule has 0 spiro atoms. The minimum atomic E-state index is 0.298. The second-order valence-corrected chi connectivity index (χ2v) is 5.00. The molecule has 12 heavy (non-hydrogen) atoms. The van der Waals surface area contributed by atoms with Crippen molar-refractivity contribution in [1.82, 2.24) is 0 Å². The lowest BCUT2D eigenvalue weighted by molar-refractivity contribution is -0.673. The Balaban J connectivity index is 1.85. The minimum Gasteiger partial charge on any atom is -0.131 e. The molecule has 3 heteroatoms. The number of hydrogen-bond acceptors (Lipinski definition) is 2. The highest BCUT2D eigenvalue weighted by Gasteiger charge is 2.71. The summed E-state index contributed by atoms with van der Waals surface area (Å²) < 4.78 is 2.11. The first-order chi connectivity index (χ1) is 5.62. The van der Waals surface area contributed by atoms with Crippen LogP contribution in [0.4, 0.5) is 0 Å². The van der Waals surface area contributed by atoms with E-state index in [-0.39, 0.29) is 0 Å². The second kappa shape index (κ2) is 1.63. The van der Waals surface area contributed by atoms with Gasteiger partial charge in [0, 0.05) is 5.11 Å². The van der Waals surface area contributed by atoms with E-state index < -0.39 is 0 Å². The predicted molar refractivity (Wildman–Crippen MR) is 45.3 cm³/mol. The van der Waals surface area contributed by atoms with Gasteiger partial charge in [0.15, 0.2) is 0 Å². The van der Waals surface area contributed by atoms with Crippen LogP contribution in [0.15, 0.2) is 10.3 Å². The van der Waals surface area contributed by atoms with Gasteiger partial charge in [-0.15, -0.1) is 4.68 Å². The summed E-state index contributed by atoms with van der Waals surface area (Å²) in [5, 5.41) is 8.29. The van der Waals surface area contributed by atoms with Gasteiger partial charge < -0.3 is 0 Å². The van der Waals surface area contributed by atoms with Gasteiger partial charge in [-0.1, -0.05) is 6.92 Å². The molecule has 1 aliphatic heterocycles. The third-order valence-corrected chi connectivity index (χ3v) is 3.44. The molecule has 0 amide bonds. The molecule has 0 aromatic heterocycles. The van der Waals surface area contributed by atoms with E-state index >= 15 is 0 Å².